The van der Waals surface area contributed by atoms with E-state index in [0.29, 0.717) is 11.9 Å². The molecule has 0 saturated heterocycles. The number of aromatic nitrogens is 2. The van der Waals surface area contributed by atoms with Gasteiger partial charge < -0.3 is 15.3 Å². The summed E-state index contributed by atoms with van der Waals surface area (Å²) in [5.41, 5.74) is 6.55. The Labute approximate surface area is 81.3 Å². The summed E-state index contributed by atoms with van der Waals surface area (Å²) >= 11 is 0. The third kappa shape index (κ3) is 2.06. The zero-order chi connectivity index (χ0) is 7.72. The normalized spacial score (nSPS) is 9.82. The van der Waals surface area contributed by atoms with E-state index in [0.717, 1.165) is 5.69 Å². The molecular weight excluding hydrogens is 310 g/mol. The summed E-state index contributed by atoms with van der Waals surface area (Å²) < 4.78 is 1.85. The van der Waals surface area contributed by atoms with Gasteiger partial charge in [0.1, 0.15) is 0 Å². The maximum atomic E-state index is 5.50. The minimum Gasteiger partial charge on any atom is -0.446 e. The maximum Gasteiger partial charge on any atom is 0.0398 e. The molecule has 2 N–H and O–H groups in total. The second-order valence-electron chi connectivity index (χ2n) is 2.68. The molecule has 0 aliphatic heterocycles. The minimum absolute atomic E-state index is 0. The van der Waals surface area contributed by atoms with Gasteiger partial charge in [-0.3, -0.25) is 0 Å². The number of anilines is 1. The van der Waals surface area contributed by atoms with Crippen molar-refractivity contribution in [1.29, 1.82) is 0 Å². The summed E-state index contributed by atoms with van der Waals surface area (Å²) in [6.45, 7) is 4.18. The first-order chi connectivity index (χ1) is 4.63. The molecule has 0 bridgehead atoms. The molecule has 0 fully saturated rings. The average molecular weight is 322 g/mol. The van der Waals surface area contributed by atoms with Crippen molar-refractivity contribution in [1.82, 2.24) is 9.55 Å². The van der Waals surface area contributed by atoms with Gasteiger partial charge in [-0.1, -0.05) is 19.5 Å². The Kier molecular flexibility index (Phi) is 3.80. The molecule has 0 unspecified atom stereocenters. The van der Waals surface area contributed by atoms with Gasteiger partial charge in [-0.25, -0.2) is 0 Å². The molecule has 0 aliphatic rings. The molecule has 1 heterocycles. The molecule has 0 radical (unpaired) electrons. The predicted molar refractivity (Wildman–Crippen MR) is 40.5 cm³/mol. The van der Waals surface area contributed by atoms with E-state index in [1.165, 1.54) is 0 Å². The Hall–Kier alpha value is -0.302. The van der Waals surface area contributed by atoms with Crippen LogP contribution in [0.1, 0.15) is 25.5 Å². The fourth-order valence-corrected chi connectivity index (χ4v) is 0.904. The number of hydrogen-bond donors (Lipinski definition) is 1. The zero-order valence-electron chi connectivity index (χ0n) is 6.96. The molecule has 0 spiro atoms. The van der Waals surface area contributed by atoms with E-state index in [1.54, 1.807) is 0 Å². The van der Waals surface area contributed by atoms with E-state index in [4.69, 9.17) is 5.73 Å². The van der Waals surface area contributed by atoms with Crippen LogP contribution in [0, 0.1) is 6.20 Å². The SMILES string of the molecule is CC(C)c1[c-]nc(N)n1C.[W]. The number of rotatable bonds is 1. The van der Waals surface area contributed by atoms with Crippen LogP contribution in [0.25, 0.3) is 0 Å². The maximum absolute atomic E-state index is 5.50. The number of nitrogen functional groups attached to an aromatic ring is 1. The van der Waals surface area contributed by atoms with Crippen LogP contribution in [0.3, 0.4) is 0 Å². The van der Waals surface area contributed by atoms with E-state index in [2.05, 4.69) is 25.0 Å². The molecule has 1 rings (SSSR count). The van der Waals surface area contributed by atoms with Crippen molar-refractivity contribution in [3.8, 4) is 0 Å². The second-order valence-corrected chi connectivity index (χ2v) is 2.68. The number of nitrogens with zero attached hydrogens (tertiary/aromatic N) is 2. The molecule has 0 aliphatic carbocycles. The first kappa shape index (κ1) is 10.7. The Morgan fingerprint density at radius 3 is 2.27 bits per heavy atom. The van der Waals surface area contributed by atoms with Crippen molar-refractivity contribution in [2.75, 3.05) is 5.73 Å². The van der Waals surface area contributed by atoms with E-state index in [9.17, 15) is 0 Å². The van der Waals surface area contributed by atoms with E-state index >= 15 is 0 Å². The van der Waals surface area contributed by atoms with Crippen molar-refractivity contribution in [3.63, 3.8) is 0 Å². The smallest absolute Gasteiger partial charge is 0.0398 e. The van der Waals surface area contributed by atoms with E-state index in [1.807, 2.05) is 11.6 Å². The summed E-state index contributed by atoms with van der Waals surface area (Å²) in [4.78, 5) is 3.85. The molecule has 0 aromatic carbocycles. The van der Waals surface area contributed by atoms with Gasteiger partial charge in [-0.2, -0.15) is 0 Å². The summed E-state index contributed by atoms with van der Waals surface area (Å²) in [6.07, 6.45) is 2.86. The Morgan fingerprint density at radius 2 is 2.09 bits per heavy atom. The van der Waals surface area contributed by atoms with Crippen LogP contribution in [0.15, 0.2) is 0 Å². The molecule has 11 heavy (non-hydrogen) atoms. The molecule has 0 atom stereocenters. The summed E-state index contributed by atoms with van der Waals surface area (Å²) in [5.74, 6) is 0.971. The fraction of sp³-hybridized carbons (Fsp3) is 0.571. The number of imidazole rings is 1. The Bertz CT molecular complexity index is 230. The topological polar surface area (TPSA) is 43.8 Å². The van der Waals surface area contributed by atoms with E-state index in [-0.39, 0.29) is 21.1 Å². The largest absolute Gasteiger partial charge is 0.446 e. The van der Waals surface area contributed by atoms with Crippen molar-refractivity contribution < 1.29 is 21.1 Å². The molecule has 4 heteroatoms. The molecule has 1 aromatic heterocycles. The first-order valence-corrected chi connectivity index (χ1v) is 3.32. The van der Waals surface area contributed by atoms with Crippen LogP contribution >= 0.6 is 0 Å². The standard InChI is InChI=1S/C7H12N3.W/c1-5(2)6-4-9-7(8)10(6)3;/h5H,1-3H3,(H2,8,9);/q-1;. The molecule has 1 aromatic rings. The second kappa shape index (κ2) is 3.91. The van der Waals surface area contributed by atoms with Crippen LogP contribution in [-0.4, -0.2) is 9.55 Å². The van der Waals surface area contributed by atoms with Crippen molar-refractivity contribution in [3.05, 3.63) is 11.9 Å². The van der Waals surface area contributed by atoms with Gasteiger partial charge in [0, 0.05) is 27.0 Å². The quantitative estimate of drug-likeness (QED) is 0.782. The molecule has 0 amide bonds. The van der Waals surface area contributed by atoms with Gasteiger partial charge in [0.05, 0.1) is 0 Å². The van der Waals surface area contributed by atoms with Crippen LogP contribution in [0.4, 0.5) is 5.95 Å². The van der Waals surface area contributed by atoms with Crippen molar-refractivity contribution in [2.45, 2.75) is 19.8 Å². The Morgan fingerprint density at radius 1 is 1.55 bits per heavy atom. The summed E-state index contributed by atoms with van der Waals surface area (Å²) in [6, 6.07) is 0. The first-order valence-electron chi connectivity index (χ1n) is 3.32. The van der Waals surface area contributed by atoms with Gasteiger partial charge in [0.25, 0.3) is 0 Å². The van der Waals surface area contributed by atoms with Crippen LogP contribution in [0.5, 0.6) is 0 Å². The molecule has 62 valence electrons. The van der Waals surface area contributed by atoms with Crippen LogP contribution in [0.2, 0.25) is 0 Å². The summed E-state index contributed by atoms with van der Waals surface area (Å²) in [5, 5.41) is 0. The van der Waals surface area contributed by atoms with Gasteiger partial charge in [-0.05, 0) is 13.0 Å². The van der Waals surface area contributed by atoms with Crippen molar-refractivity contribution in [2.24, 2.45) is 7.05 Å². The number of hydrogen-bond acceptors (Lipinski definition) is 2. The van der Waals surface area contributed by atoms with Crippen LogP contribution < -0.4 is 5.73 Å². The van der Waals surface area contributed by atoms with Gasteiger partial charge in [0.2, 0.25) is 0 Å². The Balaban J connectivity index is 0.000001000. The van der Waals surface area contributed by atoms with Crippen molar-refractivity contribution >= 4 is 5.95 Å². The third-order valence-corrected chi connectivity index (χ3v) is 1.54. The van der Waals surface area contributed by atoms with Gasteiger partial charge >= 0.3 is 0 Å². The molecule has 0 saturated carbocycles. The van der Waals surface area contributed by atoms with E-state index < -0.39 is 0 Å². The minimum atomic E-state index is 0. The van der Waals surface area contributed by atoms with Gasteiger partial charge in [0.15, 0.2) is 0 Å². The zero-order valence-corrected chi connectivity index (χ0v) is 9.89. The van der Waals surface area contributed by atoms with Gasteiger partial charge in [-0.15, -0.1) is 6.20 Å². The predicted octanol–water partition coefficient (Wildman–Crippen LogP) is 0.923. The van der Waals surface area contributed by atoms with Crippen LogP contribution in [-0.2, 0) is 28.1 Å². The number of nitrogens with two attached hydrogens (primary N) is 1. The average Bonchev–Trinajstić information content (AvgIpc) is 2.14. The third-order valence-electron chi connectivity index (χ3n) is 1.54. The molecular formula is C7H12N3W-. The monoisotopic (exact) mass is 322 g/mol. The molecule has 3 nitrogen and oxygen atoms in total. The summed E-state index contributed by atoms with van der Waals surface area (Å²) in [7, 11) is 1.90. The fourth-order valence-electron chi connectivity index (χ4n) is 0.904.